The summed E-state index contributed by atoms with van der Waals surface area (Å²) in [5, 5.41) is 12.8. The first-order valence-corrected chi connectivity index (χ1v) is 7.09. The summed E-state index contributed by atoms with van der Waals surface area (Å²) in [7, 11) is 3.44. The molecule has 0 aliphatic heterocycles. The van der Waals surface area contributed by atoms with E-state index in [1.807, 2.05) is 6.07 Å². The highest BCUT2D eigenvalue weighted by atomic mass is 16.3. The summed E-state index contributed by atoms with van der Waals surface area (Å²) in [5.41, 5.74) is 0.582. The minimum atomic E-state index is -0.0494. The first-order valence-electron chi connectivity index (χ1n) is 7.09. The van der Waals surface area contributed by atoms with Crippen molar-refractivity contribution in [2.24, 2.45) is 5.41 Å². The van der Waals surface area contributed by atoms with Crippen LogP contribution in [0.4, 0.5) is 5.82 Å². The van der Waals surface area contributed by atoms with Crippen LogP contribution in [0, 0.1) is 5.41 Å². The molecule has 0 bridgehead atoms. The molecule has 0 radical (unpaired) electrons. The van der Waals surface area contributed by atoms with Crippen LogP contribution in [-0.2, 0) is 0 Å². The van der Waals surface area contributed by atoms with Gasteiger partial charge in [-0.1, -0.05) is 12.8 Å². The summed E-state index contributed by atoms with van der Waals surface area (Å²) in [6.07, 6.45) is 6.09. The molecule has 1 aliphatic carbocycles. The quantitative estimate of drug-likeness (QED) is 0.860. The molecule has 0 spiro atoms. The van der Waals surface area contributed by atoms with E-state index >= 15 is 0 Å². The van der Waals surface area contributed by atoms with E-state index in [2.05, 4.69) is 10.3 Å². The summed E-state index contributed by atoms with van der Waals surface area (Å²) in [4.78, 5) is 17.6. The fraction of sp³-hybridized carbons (Fsp3) is 0.600. The molecule has 0 aromatic carbocycles. The highest BCUT2D eigenvalue weighted by Crippen LogP contribution is 2.37. The van der Waals surface area contributed by atoms with E-state index < -0.39 is 0 Å². The molecular weight excluding hydrogens is 254 g/mol. The number of anilines is 1. The lowest BCUT2D eigenvalue weighted by Gasteiger charge is -2.26. The first-order chi connectivity index (χ1) is 9.56. The maximum Gasteiger partial charge on any atom is 0.254 e. The van der Waals surface area contributed by atoms with Crippen LogP contribution >= 0.6 is 0 Å². The van der Waals surface area contributed by atoms with Crippen molar-refractivity contribution < 1.29 is 9.90 Å². The molecule has 1 aliphatic rings. The number of nitrogens with zero attached hydrogens (tertiary/aromatic N) is 2. The summed E-state index contributed by atoms with van der Waals surface area (Å²) in [6.45, 7) is 0.953. The molecule has 1 aromatic heterocycles. The van der Waals surface area contributed by atoms with Gasteiger partial charge in [0, 0.05) is 32.3 Å². The number of hydrogen-bond donors (Lipinski definition) is 2. The fourth-order valence-corrected chi connectivity index (χ4v) is 2.68. The predicted octanol–water partition coefficient (Wildman–Crippen LogP) is 1.75. The normalized spacial score (nSPS) is 16.9. The van der Waals surface area contributed by atoms with Crippen LogP contribution in [0.25, 0.3) is 0 Å². The molecule has 1 amide bonds. The Balaban J connectivity index is 1.95. The standard InChI is InChI=1S/C15H23N3O2/c1-18(2)14(20)12-5-6-13(16-9-12)17-10-15(11-19)7-3-4-8-15/h5-6,9,19H,3-4,7-8,10-11H2,1-2H3,(H,16,17). The second kappa shape index (κ2) is 6.22. The van der Waals surface area contributed by atoms with Crippen molar-refractivity contribution in [3.8, 4) is 0 Å². The zero-order chi connectivity index (χ0) is 14.6. The maximum atomic E-state index is 11.8. The van der Waals surface area contributed by atoms with Crippen molar-refractivity contribution >= 4 is 11.7 Å². The Kier molecular flexibility index (Phi) is 4.60. The number of carbonyl (C=O) groups is 1. The van der Waals surface area contributed by atoms with Crippen LogP contribution in [0.1, 0.15) is 36.0 Å². The molecule has 1 fully saturated rings. The molecule has 110 valence electrons. The van der Waals surface area contributed by atoms with Crippen LogP contribution in [0.15, 0.2) is 18.3 Å². The number of aliphatic hydroxyl groups excluding tert-OH is 1. The smallest absolute Gasteiger partial charge is 0.254 e. The first kappa shape index (κ1) is 14.8. The lowest BCUT2D eigenvalue weighted by Crippen LogP contribution is -2.30. The zero-order valence-corrected chi connectivity index (χ0v) is 12.2. The maximum absolute atomic E-state index is 11.8. The van der Waals surface area contributed by atoms with Crippen molar-refractivity contribution in [1.82, 2.24) is 9.88 Å². The predicted molar refractivity (Wildman–Crippen MR) is 78.7 cm³/mol. The number of pyridine rings is 1. The van der Waals surface area contributed by atoms with Crippen LogP contribution in [0.2, 0.25) is 0 Å². The van der Waals surface area contributed by atoms with Crippen molar-refractivity contribution in [3.05, 3.63) is 23.9 Å². The molecule has 2 rings (SSSR count). The Morgan fingerprint density at radius 1 is 1.40 bits per heavy atom. The fourth-order valence-electron chi connectivity index (χ4n) is 2.68. The summed E-state index contributed by atoms with van der Waals surface area (Å²) < 4.78 is 0. The van der Waals surface area contributed by atoms with Crippen molar-refractivity contribution in [3.63, 3.8) is 0 Å². The van der Waals surface area contributed by atoms with E-state index in [0.717, 1.165) is 25.2 Å². The topological polar surface area (TPSA) is 65.5 Å². The highest BCUT2D eigenvalue weighted by molar-refractivity contribution is 5.93. The third-order valence-electron chi connectivity index (χ3n) is 4.06. The van der Waals surface area contributed by atoms with Crippen LogP contribution in [-0.4, -0.2) is 48.1 Å². The van der Waals surface area contributed by atoms with Gasteiger partial charge in [0.15, 0.2) is 0 Å². The third kappa shape index (κ3) is 3.28. The van der Waals surface area contributed by atoms with E-state index in [1.54, 1.807) is 26.4 Å². The molecule has 0 saturated heterocycles. The summed E-state index contributed by atoms with van der Waals surface area (Å²) >= 11 is 0. The van der Waals surface area contributed by atoms with Crippen LogP contribution < -0.4 is 5.32 Å². The lowest BCUT2D eigenvalue weighted by atomic mass is 9.87. The van der Waals surface area contributed by atoms with Crippen molar-refractivity contribution in [1.29, 1.82) is 0 Å². The van der Waals surface area contributed by atoms with Gasteiger partial charge in [0.05, 0.1) is 12.2 Å². The van der Waals surface area contributed by atoms with Gasteiger partial charge < -0.3 is 15.3 Å². The van der Waals surface area contributed by atoms with Gasteiger partial charge in [0.25, 0.3) is 5.91 Å². The Morgan fingerprint density at radius 3 is 2.60 bits per heavy atom. The molecule has 5 nitrogen and oxygen atoms in total. The van der Waals surface area contributed by atoms with E-state index in [9.17, 15) is 9.90 Å². The van der Waals surface area contributed by atoms with Gasteiger partial charge in [0.1, 0.15) is 5.82 Å². The van der Waals surface area contributed by atoms with Gasteiger partial charge in [-0.2, -0.15) is 0 Å². The number of hydrogen-bond acceptors (Lipinski definition) is 4. The zero-order valence-electron chi connectivity index (χ0n) is 12.2. The van der Waals surface area contributed by atoms with Gasteiger partial charge in [-0.05, 0) is 25.0 Å². The molecule has 20 heavy (non-hydrogen) atoms. The van der Waals surface area contributed by atoms with Gasteiger partial charge in [-0.25, -0.2) is 4.98 Å². The largest absolute Gasteiger partial charge is 0.396 e. The van der Waals surface area contributed by atoms with Crippen LogP contribution in [0.3, 0.4) is 0 Å². The second-order valence-corrected chi connectivity index (χ2v) is 5.85. The molecule has 0 unspecified atom stereocenters. The number of rotatable bonds is 5. The average molecular weight is 277 g/mol. The number of nitrogens with one attached hydrogen (secondary N) is 1. The van der Waals surface area contributed by atoms with Gasteiger partial charge >= 0.3 is 0 Å². The van der Waals surface area contributed by atoms with E-state index in [0.29, 0.717) is 5.56 Å². The molecular formula is C15H23N3O2. The third-order valence-corrected chi connectivity index (χ3v) is 4.06. The Hall–Kier alpha value is -1.62. The van der Waals surface area contributed by atoms with Gasteiger partial charge in [-0.3, -0.25) is 4.79 Å². The molecule has 1 heterocycles. The molecule has 1 saturated carbocycles. The Bertz CT molecular complexity index is 451. The van der Waals surface area contributed by atoms with E-state index in [-0.39, 0.29) is 17.9 Å². The average Bonchev–Trinajstić information content (AvgIpc) is 2.94. The Labute approximate surface area is 120 Å². The SMILES string of the molecule is CN(C)C(=O)c1ccc(NCC2(CO)CCCC2)nc1. The number of amides is 1. The number of aliphatic hydroxyl groups is 1. The van der Waals surface area contributed by atoms with Gasteiger partial charge in [-0.15, -0.1) is 0 Å². The van der Waals surface area contributed by atoms with E-state index in [1.165, 1.54) is 17.7 Å². The van der Waals surface area contributed by atoms with Gasteiger partial charge in [0.2, 0.25) is 0 Å². The summed E-state index contributed by atoms with van der Waals surface area (Å²) in [5.74, 6) is 0.701. The molecule has 2 N–H and O–H groups in total. The number of carbonyl (C=O) groups excluding carboxylic acids is 1. The van der Waals surface area contributed by atoms with E-state index in [4.69, 9.17) is 0 Å². The molecule has 1 aromatic rings. The lowest BCUT2D eigenvalue weighted by molar-refractivity contribution is 0.0827. The minimum absolute atomic E-state index is 0.000191. The van der Waals surface area contributed by atoms with Crippen molar-refractivity contribution in [2.45, 2.75) is 25.7 Å². The summed E-state index contributed by atoms with van der Waals surface area (Å²) in [6, 6.07) is 3.59. The van der Waals surface area contributed by atoms with Crippen molar-refractivity contribution in [2.75, 3.05) is 32.6 Å². The Morgan fingerprint density at radius 2 is 2.10 bits per heavy atom. The number of aromatic nitrogens is 1. The molecule has 5 heteroatoms. The van der Waals surface area contributed by atoms with Crippen LogP contribution in [0.5, 0.6) is 0 Å². The minimum Gasteiger partial charge on any atom is -0.396 e. The highest BCUT2D eigenvalue weighted by Gasteiger charge is 2.32. The monoisotopic (exact) mass is 277 g/mol. The second-order valence-electron chi connectivity index (χ2n) is 5.85. The molecule has 0 atom stereocenters.